The molecular formula is C18H12ClN3S2. The summed E-state index contributed by atoms with van der Waals surface area (Å²) >= 11 is 8.93. The smallest absolute Gasteiger partial charge is 0.189 e. The Bertz CT molecular complexity index is 908. The van der Waals surface area contributed by atoms with Crippen LogP contribution in [-0.2, 0) is 0 Å². The molecule has 3 nitrogen and oxygen atoms in total. The molecule has 0 unspecified atom stereocenters. The molecule has 0 aliphatic rings. The largest absolute Gasteiger partial charge is 0.221 e. The van der Waals surface area contributed by atoms with Gasteiger partial charge in [0.1, 0.15) is 16.7 Å². The maximum absolute atomic E-state index is 9.68. The fourth-order valence-electron chi connectivity index (χ4n) is 2.13. The Morgan fingerprint density at radius 1 is 1.04 bits per heavy atom. The molecule has 0 radical (unpaired) electrons. The number of nitriles is 1. The fraction of sp³-hybridized carbons (Fsp3) is 0.0556. The van der Waals surface area contributed by atoms with Crippen LogP contribution in [-0.4, -0.2) is 16.2 Å². The van der Waals surface area contributed by atoms with Gasteiger partial charge in [0, 0.05) is 15.5 Å². The zero-order valence-electron chi connectivity index (χ0n) is 12.7. The van der Waals surface area contributed by atoms with E-state index in [1.807, 2.05) is 60.9 Å². The molecule has 0 saturated carbocycles. The Morgan fingerprint density at radius 2 is 1.83 bits per heavy atom. The molecule has 0 atom stereocenters. The standard InChI is InChI=1S/C18H12ClN3S2/c1-23-18-21-16(12-6-3-2-4-7-12)15(11-20)17(22-18)24-14-9-5-8-13(19)10-14/h2-10H,1H3. The second kappa shape index (κ2) is 7.71. The topological polar surface area (TPSA) is 49.6 Å². The molecule has 0 saturated heterocycles. The van der Waals surface area contributed by atoms with E-state index in [1.165, 1.54) is 23.5 Å². The molecule has 1 heterocycles. The summed E-state index contributed by atoms with van der Waals surface area (Å²) in [6.45, 7) is 0. The summed E-state index contributed by atoms with van der Waals surface area (Å²) in [6, 6.07) is 19.5. The van der Waals surface area contributed by atoms with E-state index in [1.54, 1.807) is 0 Å². The van der Waals surface area contributed by atoms with Gasteiger partial charge in [-0.3, -0.25) is 0 Å². The first kappa shape index (κ1) is 16.8. The van der Waals surface area contributed by atoms with Crippen LogP contribution in [0, 0.1) is 11.3 Å². The third kappa shape index (κ3) is 3.73. The Morgan fingerprint density at radius 3 is 2.50 bits per heavy atom. The minimum absolute atomic E-state index is 0.476. The van der Waals surface area contributed by atoms with Crippen molar-refractivity contribution in [3.8, 4) is 17.3 Å². The molecule has 0 aliphatic carbocycles. The molecule has 118 valence electrons. The molecule has 3 rings (SSSR count). The van der Waals surface area contributed by atoms with Gasteiger partial charge in [-0.1, -0.05) is 71.5 Å². The van der Waals surface area contributed by atoms with Crippen LogP contribution >= 0.6 is 35.1 Å². The normalized spacial score (nSPS) is 10.4. The van der Waals surface area contributed by atoms with E-state index in [4.69, 9.17) is 11.6 Å². The van der Waals surface area contributed by atoms with Crippen LogP contribution in [0.15, 0.2) is 69.7 Å². The Labute approximate surface area is 154 Å². The zero-order chi connectivity index (χ0) is 16.9. The SMILES string of the molecule is CSc1nc(Sc2cccc(Cl)c2)c(C#N)c(-c2ccccc2)n1. The molecule has 6 heteroatoms. The van der Waals surface area contributed by atoms with E-state index < -0.39 is 0 Å². The highest BCUT2D eigenvalue weighted by Gasteiger charge is 2.17. The van der Waals surface area contributed by atoms with Crippen molar-refractivity contribution in [1.82, 2.24) is 9.97 Å². The van der Waals surface area contributed by atoms with Gasteiger partial charge in [-0.15, -0.1) is 0 Å². The molecule has 0 fully saturated rings. The van der Waals surface area contributed by atoms with Gasteiger partial charge in [0.05, 0.1) is 5.69 Å². The Hall–Kier alpha value is -2.00. The Kier molecular flexibility index (Phi) is 5.41. The van der Waals surface area contributed by atoms with Crippen molar-refractivity contribution in [2.75, 3.05) is 6.26 Å². The Balaban J connectivity index is 2.13. The third-order valence-electron chi connectivity index (χ3n) is 3.21. The van der Waals surface area contributed by atoms with E-state index in [0.717, 1.165) is 10.5 Å². The molecule has 0 bridgehead atoms. The number of benzene rings is 2. The van der Waals surface area contributed by atoms with Gasteiger partial charge >= 0.3 is 0 Å². The van der Waals surface area contributed by atoms with Crippen molar-refractivity contribution >= 4 is 35.1 Å². The highest BCUT2D eigenvalue weighted by molar-refractivity contribution is 7.99. The first-order chi connectivity index (χ1) is 11.7. The summed E-state index contributed by atoms with van der Waals surface area (Å²) in [5.41, 5.74) is 2.03. The molecule has 3 aromatic rings. The number of thioether (sulfide) groups is 1. The summed E-state index contributed by atoms with van der Waals surface area (Å²) in [7, 11) is 0. The zero-order valence-corrected chi connectivity index (χ0v) is 15.1. The summed E-state index contributed by atoms with van der Waals surface area (Å²) in [5.74, 6) is 0. The van der Waals surface area contributed by atoms with Crippen molar-refractivity contribution < 1.29 is 0 Å². The minimum Gasteiger partial charge on any atom is -0.221 e. The second-order valence-corrected chi connectivity index (χ2v) is 7.05. The molecular weight excluding hydrogens is 358 g/mol. The number of rotatable bonds is 4. The van der Waals surface area contributed by atoms with Crippen LogP contribution in [0.3, 0.4) is 0 Å². The first-order valence-electron chi connectivity index (χ1n) is 7.06. The highest BCUT2D eigenvalue weighted by atomic mass is 35.5. The number of halogens is 1. The van der Waals surface area contributed by atoms with Crippen LogP contribution in [0.5, 0.6) is 0 Å². The summed E-state index contributed by atoms with van der Waals surface area (Å²) < 4.78 is 0. The lowest BCUT2D eigenvalue weighted by Crippen LogP contribution is -1.98. The number of nitrogens with zero attached hydrogens (tertiary/aromatic N) is 3. The first-order valence-corrected chi connectivity index (χ1v) is 9.48. The van der Waals surface area contributed by atoms with Gasteiger partial charge in [0.2, 0.25) is 0 Å². The van der Waals surface area contributed by atoms with Crippen molar-refractivity contribution in [3.05, 3.63) is 65.2 Å². The maximum atomic E-state index is 9.68. The second-order valence-electron chi connectivity index (χ2n) is 4.78. The van der Waals surface area contributed by atoms with Crippen LogP contribution in [0.4, 0.5) is 0 Å². The molecule has 1 aromatic heterocycles. The third-order valence-corrected chi connectivity index (χ3v) is 4.97. The van der Waals surface area contributed by atoms with Gasteiger partial charge in [-0.2, -0.15) is 5.26 Å². The van der Waals surface area contributed by atoms with E-state index in [-0.39, 0.29) is 0 Å². The van der Waals surface area contributed by atoms with Crippen LogP contribution < -0.4 is 0 Å². The molecule has 24 heavy (non-hydrogen) atoms. The minimum atomic E-state index is 0.476. The lowest BCUT2D eigenvalue weighted by atomic mass is 10.1. The quantitative estimate of drug-likeness (QED) is 0.343. The summed E-state index contributed by atoms with van der Waals surface area (Å²) in [6.07, 6.45) is 1.92. The van der Waals surface area contributed by atoms with Crippen LogP contribution in [0.25, 0.3) is 11.3 Å². The molecule has 2 aromatic carbocycles. The fourth-order valence-corrected chi connectivity index (χ4v) is 3.74. The van der Waals surface area contributed by atoms with Gasteiger partial charge < -0.3 is 0 Å². The molecule has 0 spiro atoms. The van der Waals surface area contributed by atoms with Crippen molar-refractivity contribution in [1.29, 1.82) is 5.26 Å². The predicted octanol–water partition coefficient (Wildman–Crippen LogP) is 5.54. The van der Waals surface area contributed by atoms with Crippen LogP contribution in [0.2, 0.25) is 5.02 Å². The average molecular weight is 370 g/mol. The van der Waals surface area contributed by atoms with Gasteiger partial charge in [-0.05, 0) is 24.5 Å². The van der Waals surface area contributed by atoms with Gasteiger partial charge in [0.25, 0.3) is 0 Å². The van der Waals surface area contributed by atoms with Gasteiger partial charge in [0.15, 0.2) is 5.16 Å². The van der Waals surface area contributed by atoms with Crippen molar-refractivity contribution in [2.24, 2.45) is 0 Å². The van der Waals surface area contributed by atoms with E-state index in [9.17, 15) is 5.26 Å². The lowest BCUT2D eigenvalue weighted by molar-refractivity contribution is 0.890. The summed E-state index contributed by atoms with van der Waals surface area (Å²) in [4.78, 5) is 10.00. The average Bonchev–Trinajstić information content (AvgIpc) is 2.62. The number of hydrogen-bond acceptors (Lipinski definition) is 5. The summed E-state index contributed by atoms with van der Waals surface area (Å²) in [5, 5.41) is 11.6. The molecule has 0 N–H and O–H groups in total. The predicted molar refractivity (Wildman–Crippen MR) is 99.5 cm³/mol. The number of hydrogen-bond donors (Lipinski definition) is 0. The van der Waals surface area contributed by atoms with E-state index >= 15 is 0 Å². The monoisotopic (exact) mass is 369 g/mol. The van der Waals surface area contributed by atoms with Crippen LogP contribution in [0.1, 0.15) is 5.56 Å². The number of aromatic nitrogens is 2. The highest BCUT2D eigenvalue weighted by Crippen LogP contribution is 2.35. The van der Waals surface area contributed by atoms with E-state index in [0.29, 0.717) is 26.5 Å². The van der Waals surface area contributed by atoms with E-state index in [2.05, 4.69) is 16.0 Å². The molecule has 0 amide bonds. The lowest BCUT2D eigenvalue weighted by Gasteiger charge is -2.10. The molecule has 0 aliphatic heterocycles. The van der Waals surface area contributed by atoms with Crippen molar-refractivity contribution in [3.63, 3.8) is 0 Å². The maximum Gasteiger partial charge on any atom is 0.189 e. The van der Waals surface area contributed by atoms with Gasteiger partial charge in [-0.25, -0.2) is 9.97 Å². The van der Waals surface area contributed by atoms with Crippen molar-refractivity contribution in [2.45, 2.75) is 15.1 Å².